The first-order valence-electron chi connectivity index (χ1n) is 7.37. The van der Waals surface area contributed by atoms with Crippen molar-refractivity contribution in [3.63, 3.8) is 0 Å². The van der Waals surface area contributed by atoms with Crippen molar-refractivity contribution < 1.29 is 0 Å². The molecule has 1 aromatic heterocycles. The molecule has 2 aliphatic rings. The number of guanidine groups is 1. The molecule has 6 heteroatoms. The lowest BCUT2D eigenvalue weighted by Crippen LogP contribution is -2.55. The molecule has 2 fully saturated rings. The van der Waals surface area contributed by atoms with Gasteiger partial charge in [-0.3, -0.25) is 4.99 Å². The van der Waals surface area contributed by atoms with Crippen LogP contribution in [0.1, 0.15) is 19.3 Å². The van der Waals surface area contributed by atoms with Gasteiger partial charge in [0.25, 0.3) is 0 Å². The predicted octanol–water partition coefficient (Wildman–Crippen LogP) is 0.726. The summed E-state index contributed by atoms with van der Waals surface area (Å²) in [6.07, 6.45) is 7.49. The molecule has 0 spiro atoms. The van der Waals surface area contributed by atoms with E-state index in [2.05, 4.69) is 30.1 Å². The molecule has 108 valence electrons. The van der Waals surface area contributed by atoms with Crippen molar-refractivity contribution in [3.8, 4) is 0 Å². The number of rotatable bonds is 2. The molecule has 0 radical (unpaired) electrons. The van der Waals surface area contributed by atoms with Crippen LogP contribution in [0.2, 0.25) is 0 Å². The Balaban J connectivity index is 1.54. The van der Waals surface area contributed by atoms with E-state index in [1.807, 2.05) is 13.1 Å². The van der Waals surface area contributed by atoms with Gasteiger partial charge in [0, 0.05) is 51.7 Å². The summed E-state index contributed by atoms with van der Waals surface area (Å²) in [4.78, 5) is 17.6. The lowest BCUT2D eigenvalue weighted by Gasteiger charge is -2.38. The van der Waals surface area contributed by atoms with Crippen LogP contribution in [0.5, 0.6) is 0 Å². The average molecular weight is 274 g/mol. The lowest BCUT2D eigenvalue weighted by atomic mass is 9.93. The molecule has 1 saturated carbocycles. The zero-order valence-electron chi connectivity index (χ0n) is 12.0. The predicted molar refractivity (Wildman–Crippen MR) is 80.0 cm³/mol. The van der Waals surface area contributed by atoms with Crippen LogP contribution < -0.4 is 10.2 Å². The fraction of sp³-hybridized carbons (Fsp3) is 0.643. The van der Waals surface area contributed by atoms with E-state index in [1.54, 1.807) is 12.4 Å². The molecule has 1 aliphatic carbocycles. The van der Waals surface area contributed by atoms with Gasteiger partial charge < -0.3 is 15.1 Å². The number of anilines is 1. The molecule has 3 rings (SSSR count). The highest BCUT2D eigenvalue weighted by Crippen LogP contribution is 2.18. The fourth-order valence-electron chi connectivity index (χ4n) is 2.61. The summed E-state index contributed by atoms with van der Waals surface area (Å²) in [5.74, 6) is 1.87. The van der Waals surface area contributed by atoms with Crippen LogP contribution in [0, 0.1) is 0 Å². The zero-order chi connectivity index (χ0) is 13.8. The maximum Gasteiger partial charge on any atom is 0.225 e. The molecular formula is C14H22N6. The van der Waals surface area contributed by atoms with Crippen molar-refractivity contribution in [2.75, 3.05) is 38.1 Å². The van der Waals surface area contributed by atoms with Gasteiger partial charge in [-0.1, -0.05) is 0 Å². The normalized spacial score (nSPS) is 20.8. The molecule has 1 saturated heterocycles. The van der Waals surface area contributed by atoms with Gasteiger partial charge in [0.15, 0.2) is 5.96 Å². The Labute approximate surface area is 119 Å². The molecule has 0 unspecified atom stereocenters. The second-order valence-corrected chi connectivity index (χ2v) is 5.34. The molecule has 1 aromatic rings. The molecule has 1 aliphatic heterocycles. The number of piperazine rings is 1. The topological polar surface area (TPSA) is 56.7 Å². The van der Waals surface area contributed by atoms with Crippen LogP contribution in [0.15, 0.2) is 23.5 Å². The van der Waals surface area contributed by atoms with Crippen LogP contribution in [0.4, 0.5) is 5.95 Å². The van der Waals surface area contributed by atoms with Crippen LogP contribution in [-0.4, -0.2) is 60.1 Å². The Kier molecular flexibility index (Phi) is 3.99. The summed E-state index contributed by atoms with van der Waals surface area (Å²) in [6, 6.07) is 2.48. The number of hydrogen-bond acceptors (Lipinski definition) is 4. The molecule has 6 nitrogen and oxygen atoms in total. The van der Waals surface area contributed by atoms with Gasteiger partial charge >= 0.3 is 0 Å². The highest BCUT2D eigenvalue weighted by atomic mass is 15.4. The van der Waals surface area contributed by atoms with Crippen molar-refractivity contribution in [3.05, 3.63) is 18.5 Å². The van der Waals surface area contributed by atoms with Gasteiger partial charge in [-0.2, -0.15) is 0 Å². The summed E-state index contributed by atoms with van der Waals surface area (Å²) in [7, 11) is 1.87. The van der Waals surface area contributed by atoms with Crippen LogP contribution in [0.3, 0.4) is 0 Å². The first kappa shape index (κ1) is 13.1. The van der Waals surface area contributed by atoms with E-state index in [9.17, 15) is 0 Å². The van der Waals surface area contributed by atoms with Crippen LogP contribution in [-0.2, 0) is 0 Å². The zero-order valence-corrected chi connectivity index (χ0v) is 12.0. The number of aliphatic imine (C=N–C) groups is 1. The minimum absolute atomic E-state index is 0.629. The minimum Gasteiger partial charge on any atom is -0.354 e. The maximum atomic E-state index is 4.41. The number of nitrogens with one attached hydrogen (secondary N) is 1. The minimum atomic E-state index is 0.629. The van der Waals surface area contributed by atoms with Gasteiger partial charge in [-0.15, -0.1) is 0 Å². The third kappa shape index (κ3) is 2.84. The van der Waals surface area contributed by atoms with Crippen LogP contribution >= 0.6 is 0 Å². The Morgan fingerprint density at radius 1 is 1.20 bits per heavy atom. The number of nitrogens with zero attached hydrogens (tertiary/aromatic N) is 5. The molecule has 0 atom stereocenters. The molecule has 0 amide bonds. The standard InChI is InChI=1S/C14H22N6/c1-15-13(18-12-4-2-5-12)19-8-10-20(11-9-19)14-16-6-3-7-17-14/h3,6-7,12H,2,4-5,8-11H2,1H3,(H,15,18). The van der Waals surface area contributed by atoms with Crippen molar-refractivity contribution in [1.82, 2.24) is 20.2 Å². The summed E-state index contributed by atoms with van der Waals surface area (Å²) in [5.41, 5.74) is 0. The molecular weight excluding hydrogens is 252 g/mol. The van der Waals surface area contributed by atoms with E-state index >= 15 is 0 Å². The van der Waals surface area contributed by atoms with E-state index in [-0.39, 0.29) is 0 Å². The van der Waals surface area contributed by atoms with Gasteiger partial charge in [-0.05, 0) is 25.3 Å². The summed E-state index contributed by atoms with van der Waals surface area (Å²) in [5, 5.41) is 3.55. The maximum absolute atomic E-state index is 4.41. The van der Waals surface area contributed by atoms with Crippen molar-refractivity contribution in [2.24, 2.45) is 4.99 Å². The molecule has 20 heavy (non-hydrogen) atoms. The molecule has 1 N–H and O–H groups in total. The summed E-state index contributed by atoms with van der Waals surface area (Å²) in [6.45, 7) is 3.81. The molecule has 2 heterocycles. The van der Waals surface area contributed by atoms with Crippen molar-refractivity contribution in [2.45, 2.75) is 25.3 Å². The summed E-state index contributed by atoms with van der Waals surface area (Å²) >= 11 is 0. The Morgan fingerprint density at radius 2 is 1.90 bits per heavy atom. The van der Waals surface area contributed by atoms with E-state index in [4.69, 9.17) is 0 Å². The van der Waals surface area contributed by atoms with Crippen LogP contribution in [0.25, 0.3) is 0 Å². The van der Waals surface area contributed by atoms with Crippen molar-refractivity contribution >= 4 is 11.9 Å². The van der Waals surface area contributed by atoms with Crippen molar-refractivity contribution in [1.29, 1.82) is 0 Å². The second kappa shape index (κ2) is 6.07. The van der Waals surface area contributed by atoms with Gasteiger partial charge in [0.05, 0.1) is 0 Å². The van der Waals surface area contributed by atoms with Gasteiger partial charge in [0.1, 0.15) is 0 Å². The largest absolute Gasteiger partial charge is 0.354 e. The smallest absolute Gasteiger partial charge is 0.225 e. The Hall–Kier alpha value is -1.85. The number of aromatic nitrogens is 2. The van der Waals surface area contributed by atoms with Gasteiger partial charge in [-0.25, -0.2) is 9.97 Å². The first-order chi connectivity index (χ1) is 9.86. The number of hydrogen-bond donors (Lipinski definition) is 1. The fourth-order valence-corrected chi connectivity index (χ4v) is 2.61. The highest BCUT2D eigenvalue weighted by molar-refractivity contribution is 5.80. The van der Waals surface area contributed by atoms with E-state index in [0.29, 0.717) is 6.04 Å². The van der Waals surface area contributed by atoms with E-state index in [1.165, 1.54) is 19.3 Å². The Morgan fingerprint density at radius 3 is 2.45 bits per heavy atom. The van der Waals surface area contributed by atoms with E-state index in [0.717, 1.165) is 38.1 Å². The average Bonchev–Trinajstić information content (AvgIpc) is 2.48. The third-order valence-corrected chi connectivity index (χ3v) is 4.06. The molecule has 0 aromatic carbocycles. The molecule has 0 bridgehead atoms. The Bertz CT molecular complexity index is 448. The highest BCUT2D eigenvalue weighted by Gasteiger charge is 2.24. The quantitative estimate of drug-likeness (QED) is 0.636. The third-order valence-electron chi connectivity index (χ3n) is 4.06. The summed E-state index contributed by atoms with van der Waals surface area (Å²) < 4.78 is 0. The van der Waals surface area contributed by atoms with Gasteiger partial charge in [0.2, 0.25) is 5.95 Å². The SMILES string of the molecule is CN=C(NC1CCC1)N1CCN(c2ncccn2)CC1. The van der Waals surface area contributed by atoms with E-state index < -0.39 is 0 Å². The first-order valence-corrected chi connectivity index (χ1v) is 7.37. The second-order valence-electron chi connectivity index (χ2n) is 5.34. The lowest BCUT2D eigenvalue weighted by molar-refractivity contribution is 0.331. The monoisotopic (exact) mass is 274 g/mol.